The molecule has 0 aliphatic carbocycles. The molecule has 10 heteroatoms. The number of fused-ring (bicyclic) bond motifs is 1. The Bertz CT molecular complexity index is 1480. The molecule has 162 valence electrons. The Morgan fingerprint density at radius 1 is 1.06 bits per heavy atom. The molecule has 5 aromatic rings. The van der Waals surface area contributed by atoms with Crippen molar-refractivity contribution < 1.29 is 8.78 Å². The number of imidazole rings is 1. The van der Waals surface area contributed by atoms with E-state index in [9.17, 15) is 8.78 Å². The van der Waals surface area contributed by atoms with Crippen LogP contribution in [0.2, 0.25) is 0 Å². The summed E-state index contributed by atoms with van der Waals surface area (Å²) in [6.45, 7) is -2.42. The fourth-order valence-corrected chi connectivity index (χ4v) is 3.48. The summed E-state index contributed by atoms with van der Waals surface area (Å²) >= 11 is 0. The highest BCUT2D eigenvalue weighted by atomic mass is 19.3. The first kappa shape index (κ1) is 20.3. The molecule has 3 heterocycles. The van der Waals surface area contributed by atoms with Crippen LogP contribution < -0.4 is 5.32 Å². The fourth-order valence-electron chi connectivity index (χ4n) is 3.48. The van der Waals surface area contributed by atoms with E-state index in [1.165, 1.54) is 12.3 Å². The molecule has 0 radical (unpaired) electrons. The zero-order valence-electron chi connectivity index (χ0n) is 17.1. The van der Waals surface area contributed by atoms with Crippen molar-refractivity contribution in [2.75, 3.05) is 5.32 Å². The zero-order chi connectivity index (χ0) is 22.8. The van der Waals surface area contributed by atoms with Crippen LogP contribution in [0.4, 0.5) is 14.5 Å². The summed E-state index contributed by atoms with van der Waals surface area (Å²) in [4.78, 5) is 16.5. The lowest BCUT2D eigenvalue weighted by Crippen LogP contribution is -2.01. The third-order valence-electron chi connectivity index (χ3n) is 5.01. The smallest absolute Gasteiger partial charge is 0.333 e. The molecular formula is C23H16F2N8. The summed E-state index contributed by atoms with van der Waals surface area (Å²) in [6.07, 6.45) is 4.44. The van der Waals surface area contributed by atoms with Crippen molar-refractivity contribution in [3.05, 3.63) is 78.5 Å². The molecule has 3 aromatic heterocycles. The highest BCUT2D eigenvalue weighted by Gasteiger charge is 2.18. The maximum atomic E-state index is 13.1. The molecule has 0 atom stereocenters. The SMILES string of the molecule is N#Cc1cccc(NCc2nc(-c3ccc4nccnc4c3)c(-c3ccn(C(F)F)n3)[nH]2)c1. The number of aromatic amines is 1. The number of alkyl halides is 2. The van der Waals surface area contributed by atoms with Crippen molar-refractivity contribution in [1.82, 2.24) is 29.7 Å². The van der Waals surface area contributed by atoms with Gasteiger partial charge in [-0.05, 0) is 36.4 Å². The lowest BCUT2D eigenvalue weighted by molar-refractivity contribution is 0.0568. The summed E-state index contributed by atoms with van der Waals surface area (Å²) in [6, 6.07) is 16.2. The molecule has 0 fully saturated rings. The molecule has 33 heavy (non-hydrogen) atoms. The number of hydrogen-bond acceptors (Lipinski definition) is 6. The van der Waals surface area contributed by atoms with Crippen molar-refractivity contribution in [3.8, 4) is 28.7 Å². The number of halogens is 2. The van der Waals surface area contributed by atoms with Crippen molar-refractivity contribution in [2.45, 2.75) is 13.1 Å². The molecule has 2 N–H and O–H groups in total. The van der Waals surface area contributed by atoms with E-state index >= 15 is 0 Å². The Hall–Kier alpha value is -4.65. The summed E-state index contributed by atoms with van der Waals surface area (Å²) in [5.41, 5.74) is 4.89. The number of benzene rings is 2. The van der Waals surface area contributed by atoms with E-state index in [2.05, 4.69) is 31.4 Å². The van der Waals surface area contributed by atoms with Crippen molar-refractivity contribution in [3.63, 3.8) is 0 Å². The number of rotatable bonds is 6. The van der Waals surface area contributed by atoms with Gasteiger partial charge in [-0.15, -0.1) is 0 Å². The predicted molar refractivity (Wildman–Crippen MR) is 118 cm³/mol. The lowest BCUT2D eigenvalue weighted by atomic mass is 10.1. The molecule has 0 saturated carbocycles. The minimum Gasteiger partial charge on any atom is -0.378 e. The summed E-state index contributed by atoms with van der Waals surface area (Å²) < 4.78 is 26.8. The van der Waals surface area contributed by atoms with Crippen LogP contribution >= 0.6 is 0 Å². The highest BCUT2D eigenvalue weighted by molar-refractivity contribution is 5.84. The number of aromatic nitrogens is 6. The Morgan fingerprint density at radius 2 is 1.91 bits per heavy atom. The standard InChI is InChI=1S/C23H16F2N8/c24-23(25)33-9-6-18(32-33)22-21(15-4-5-17-19(11-15)28-8-7-27-17)30-20(31-22)13-29-16-3-1-2-14(10-16)12-26/h1-11,23,29H,13H2,(H,30,31). The Morgan fingerprint density at radius 3 is 2.70 bits per heavy atom. The highest BCUT2D eigenvalue weighted by Crippen LogP contribution is 2.31. The van der Waals surface area contributed by atoms with E-state index < -0.39 is 6.55 Å². The number of nitrogens with zero attached hydrogens (tertiary/aromatic N) is 6. The van der Waals surface area contributed by atoms with Crippen molar-refractivity contribution >= 4 is 16.7 Å². The number of hydrogen-bond donors (Lipinski definition) is 2. The van der Waals surface area contributed by atoms with Gasteiger partial charge in [0.2, 0.25) is 0 Å². The molecule has 0 bridgehead atoms. The minimum atomic E-state index is -2.74. The first-order chi connectivity index (χ1) is 16.1. The fraction of sp³-hybridized carbons (Fsp3) is 0.0870. The van der Waals surface area contributed by atoms with Gasteiger partial charge in [-0.25, -0.2) is 9.67 Å². The van der Waals surface area contributed by atoms with Crippen LogP contribution in [0.15, 0.2) is 67.1 Å². The van der Waals surface area contributed by atoms with Gasteiger partial charge < -0.3 is 10.3 Å². The van der Waals surface area contributed by atoms with E-state index in [-0.39, 0.29) is 0 Å². The van der Waals surface area contributed by atoms with Gasteiger partial charge in [0.1, 0.15) is 11.5 Å². The van der Waals surface area contributed by atoms with Gasteiger partial charge in [0.25, 0.3) is 0 Å². The lowest BCUT2D eigenvalue weighted by Gasteiger charge is -2.04. The number of H-pyrrole nitrogens is 1. The molecule has 0 aliphatic rings. The summed E-state index contributed by atoms with van der Waals surface area (Å²) in [5.74, 6) is 0.577. The zero-order valence-corrected chi connectivity index (χ0v) is 17.1. The average Bonchev–Trinajstić information content (AvgIpc) is 3.50. The van der Waals surface area contributed by atoms with Crippen LogP contribution in [0, 0.1) is 11.3 Å². The minimum absolute atomic E-state index is 0.324. The Balaban J connectivity index is 1.53. The largest absolute Gasteiger partial charge is 0.378 e. The monoisotopic (exact) mass is 442 g/mol. The quantitative estimate of drug-likeness (QED) is 0.392. The second kappa shape index (κ2) is 8.47. The van der Waals surface area contributed by atoms with Gasteiger partial charge in [0, 0.05) is 29.8 Å². The molecular weight excluding hydrogens is 426 g/mol. The maximum absolute atomic E-state index is 13.1. The Labute approximate surface area is 186 Å². The number of nitrogens with one attached hydrogen (secondary N) is 2. The van der Waals surface area contributed by atoms with Crippen LogP contribution in [0.5, 0.6) is 0 Å². The van der Waals surface area contributed by atoms with Gasteiger partial charge >= 0.3 is 6.55 Å². The molecule has 0 saturated heterocycles. The molecule has 0 spiro atoms. The molecule has 2 aromatic carbocycles. The van der Waals surface area contributed by atoms with E-state index in [1.807, 2.05) is 24.3 Å². The van der Waals surface area contributed by atoms with Gasteiger partial charge in [-0.2, -0.15) is 19.1 Å². The van der Waals surface area contributed by atoms with Crippen LogP contribution in [0.3, 0.4) is 0 Å². The molecule has 5 rings (SSSR count). The Kier molecular flexibility index (Phi) is 5.20. The molecule has 0 amide bonds. The maximum Gasteiger partial charge on any atom is 0.333 e. The third-order valence-corrected chi connectivity index (χ3v) is 5.01. The second-order valence-electron chi connectivity index (χ2n) is 7.17. The first-order valence-electron chi connectivity index (χ1n) is 9.98. The molecule has 0 unspecified atom stereocenters. The van der Waals surface area contributed by atoms with Crippen molar-refractivity contribution in [1.29, 1.82) is 5.26 Å². The van der Waals surface area contributed by atoms with Gasteiger partial charge in [0.15, 0.2) is 0 Å². The van der Waals surface area contributed by atoms with Gasteiger partial charge in [-0.1, -0.05) is 12.1 Å². The van der Waals surface area contributed by atoms with Crippen LogP contribution in [0.25, 0.3) is 33.7 Å². The first-order valence-corrected chi connectivity index (χ1v) is 9.98. The van der Waals surface area contributed by atoms with Crippen LogP contribution in [-0.2, 0) is 6.54 Å². The van der Waals surface area contributed by atoms with E-state index in [0.717, 1.165) is 16.8 Å². The predicted octanol–water partition coefficient (Wildman–Crippen LogP) is 4.76. The van der Waals surface area contributed by atoms with Crippen molar-refractivity contribution in [2.24, 2.45) is 0 Å². The summed E-state index contributed by atoms with van der Waals surface area (Å²) in [7, 11) is 0. The normalized spacial score (nSPS) is 11.1. The van der Waals surface area contributed by atoms with Crippen LogP contribution in [0.1, 0.15) is 17.9 Å². The molecule has 8 nitrogen and oxygen atoms in total. The number of anilines is 1. The number of nitriles is 1. The van der Waals surface area contributed by atoms with E-state index in [4.69, 9.17) is 10.2 Å². The third kappa shape index (κ3) is 4.12. The van der Waals surface area contributed by atoms with Gasteiger partial charge in [-0.3, -0.25) is 9.97 Å². The summed E-state index contributed by atoms with van der Waals surface area (Å²) in [5, 5.41) is 16.3. The second-order valence-corrected chi connectivity index (χ2v) is 7.17. The van der Waals surface area contributed by atoms with Gasteiger partial charge in [0.05, 0.1) is 40.6 Å². The average molecular weight is 442 g/mol. The van der Waals surface area contributed by atoms with E-state index in [1.54, 1.807) is 30.6 Å². The topological polar surface area (TPSA) is 108 Å². The molecule has 0 aliphatic heterocycles. The van der Waals surface area contributed by atoms with Crippen LogP contribution in [-0.4, -0.2) is 29.7 Å². The van der Waals surface area contributed by atoms with E-state index in [0.29, 0.717) is 45.2 Å².